The summed E-state index contributed by atoms with van der Waals surface area (Å²) in [5, 5.41) is 3.26. The number of hydrogen-bond acceptors (Lipinski definition) is 6. The van der Waals surface area contributed by atoms with Gasteiger partial charge in [0.15, 0.2) is 11.5 Å². The number of nitrogens with zero attached hydrogens (tertiary/aromatic N) is 1. The summed E-state index contributed by atoms with van der Waals surface area (Å²) in [6.07, 6.45) is 0.872. The number of aryl methyl sites for hydroxylation is 1. The Hall–Kier alpha value is -2.76. The number of pyridine rings is 1. The third-order valence-electron chi connectivity index (χ3n) is 3.80. The Morgan fingerprint density at radius 2 is 2.08 bits per heavy atom. The van der Waals surface area contributed by atoms with Crippen molar-refractivity contribution >= 4 is 11.8 Å². The number of para-hydroxylation sites is 1. The van der Waals surface area contributed by atoms with Crippen molar-refractivity contribution in [2.24, 2.45) is 0 Å². The lowest BCUT2D eigenvalue weighted by molar-refractivity contribution is 0.0599. The van der Waals surface area contributed by atoms with Crippen LogP contribution in [0.5, 0.6) is 11.5 Å². The van der Waals surface area contributed by atoms with Crippen LogP contribution in [0.4, 0.5) is 5.82 Å². The molecule has 24 heavy (non-hydrogen) atoms. The number of carbonyl (C=O) groups is 1. The van der Waals surface area contributed by atoms with E-state index in [1.54, 1.807) is 19.1 Å². The second-order valence-electron chi connectivity index (χ2n) is 5.47. The molecule has 0 unspecified atom stereocenters. The van der Waals surface area contributed by atoms with Crippen LogP contribution in [0.1, 0.15) is 28.0 Å². The first-order valence-corrected chi connectivity index (χ1v) is 7.86. The molecule has 0 saturated carbocycles. The molecule has 6 nitrogen and oxygen atoms in total. The Labute approximate surface area is 140 Å². The number of hydrogen-bond donors (Lipinski definition) is 1. The van der Waals surface area contributed by atoms with Crippen LogP contribution in [0.15, 0.2) is 30.3 Å². The number of esters is 1. The van der Waals surface area contributed by atoms with Crippen molar-refractivity contribution < 1.29 is 19.0 Å². The van der Waals surface area contributed by atoms with Crippen LogP contribution >= 0.6 is 0 Å². The van der Waals surface area contributed by atoms with Crippen molar-refractivity contribution in [3.8, 4) is 11.5 Å². The van der Waals surface area contributed by atoms with Gasteiger partial charge >= 0.3 is 5.97 Å². The molecule has 0 amide bonds. The Balaban J connectivity index is 1.75. The van der Waals surface area contributed by atoms with Gasteiger partial charge in [-0.15, -0.1) is 0 Å². The minimum absolute atomic E-state index is 0.384. The Morgan fingerprint density at radius 3 is 2.88 bits per heavy atom. The fraction of sp³-hybridized carbons (Fsp3) is 0.333. The molecule has 6 heteroatoms. The molecular formula is C18H20N2O4. The first-order chi connectivity index (χ1) is 11.7. The number of anilines is 1. The fourth-order valence-electron chi connectivity index (χ4n) is 2.56. The predicted octanol–water partition coefficient (Wildman–Crippen LogP) is 2.95. The smallest absolute Gasteiger partial charge is 0.339 e. The largest absolute Gasteiger partial charge is 0.490 e. The maximum absolute atomic E-state index is 11.6. The molecular weight excluding hydrogens is 308 g/mol. The topological polar surface area (TPSA) is 69.7 Å². The summed E-state index contributed by atoms with van der Waals surface area (Å²) in [7, 11) is 1.36. The summed E-state index contributed by atoms with van der Waals surface area (Å²) < 4.78 is 16.2. The zero-order chi connectivity index (χ0) is 16.9. The number of ether oxygens (including phenoxy) is 3. The second kappa shape index (κ2) is 7.21. The van der Waals surface area contributed by atoms with Gasteiger partial charge in [0.1, 0.15) is 5.82 Å². The Kier molecular flexibility index (Phi) is 4.84. The van der Waals surface area contributed by atoms with E-state index in [2.05, 4.69) is 10.3 Å². The second-order valence-corrected chi connectivity index (χ2v) is 5.47. The van der Waals surface area contributed by atoms with Crippen LogP contribution in [0, 0.1) is 6.92 Å². The van der Waals surface area contributed by atoms with Gasteiger partial charge in [-0.25, -0.2) is 9.78 Å². The number of carbonyl (C=O) groups excluding carboxylic acids is 1. The van der Waals surface area contributed by atoms with Gasteiger partial charge in [0.25, 0.3) is 0 Å². The van der Waals surface area contributed by atoms with E-state index in [-0.39, 0.29) is 5.97 Å². The van der Waals surface area contributed by atoms with Gasteiger partial charge in [0, 0.05) is 18.5 Å². The third-order valence-corrected chi connectivity index (χ3v) is 3.80. The standard InChI is InChI=1S/C18H20N2O4/c1-12-14(18(21)22-2)7-8-16(20-12)19-11-13-5-3-6-15-17(13)24-10-4-9-23-15/h3,5-8H,4,9-11H2,1-2H3,(H,19,20). The normalized spacial score (nSPS) is 13.1. The molecule has 1 N–H and O–H groups in total. The average molecular weight is 328 g/mol. The molecule has 1 aliphatic rings. The summed E-state index contributed by atoms with van der Waals surface area (Å²) in [6.45, 7) is 3.65. The SMILES string of the molecule is COC(=O)c1ccc(NCc2cccc3c2OCCCO3)nc1C. The van der Waals surface area contributed by atoms with Gasteiger partial charge in [-0.3, -0.25) is 0 Å². The van der Waals surface area contributed by atoms with E-state index in [0.717, 1.165) is 23.5 Å². The van der Waals surface area contributed by atoms with E-state index in [9.17, 15) is 4.79 Å². The summed E-state index contributed by atoms with van der Waals surface area (Å²) >= 11 is 0. The Morgan fingerprint density at radius 1 is 1.25 bits per heavy atom. The maximum atomic E-state index is 11.6. The predicted molar refractivity (Wildman–Crippen MR) is 89.7 cm³/mol. The van der Waals surface area contributed by atoms with Gasteiger partial charge < -0.3 is 19.5 Å². The molecule has 0 radical (unpaired) electrons. The first kappa shape index (κ1) is 16.1. The lowest BCUT2D eigenvalue weighted by Gasteiger charge is -2.14. The number of nitrogens with one attached hydrogen (secondary N) is 1. The van der Waals surface area contributed by atoms with E-state index in [0.29, 0.717) is 36.8 Å². The maximum Gasteiger partial charge on any atom is 0.339 e. The van der Waals surface area contributed by atoms with Gasteiger partial charge in [0.05, 0.1) is 31.6 Å². The van der Waals surface area contributed by atoms with Gasteiger partial charge in [0.2, 0.25) is 0 Å². The highest BCUT2D eigenvalue weighted by atomic mass is 16.5. The molecule has 2 aromatic rings. The summed E-state index contributed by atoms with van der Waals surface area (Å²) in [4.78, 5) is 16.0. The van der Waals surface area contributed by atoms with E-state index in [4.69, 9.17) is 14.2 Å². The molecule has 126 valence electrons. The molecule has 1 aromatic carbocycles. The van der Waals surface area contributed by atoms with E-state index >= 15 is 0 Å². The van der Waals surface area contributed by atoms with Gasteiger partial charge in [-0.05, 0) is 25.1 Å². The minimum atomic E-state index is -0.384. The summed E-state index contributed by atoms with van der Waals surface area (Å²) in [6, 6.07) is 9.33. The number of fused-ring (bicyclic) bond motifs is 1. The molecule has 1 aliphatic heterocycles. The van der Waals surface area contributed by atoms with Crippen molar-refractivity contribution in [3.63, 3.8) is 0 Å². The molecule has 0 bridgehead atoms. The molecule has 0 spiro atoms. The van der Waals surface area contributed by atoms with Crippen LogP contribution in [-0.2, 0) is 11.3 Å². The number of benzene rings is 1. The van der Waals surface area contributed by atoms with E-state index < -0.39 is 0 Å². The van der Waals surface area contributed by atoms with Gasteiger partial charge in [-0.1, -0.05) is 12.1 Å². The summed E-state index contributed by atoms with van der Waals surface area (Å²) in [5.74, 6) is 1.86. The van der Waals surface area contributed by atoms with Crippen molar-refractivity contribution in [2.75, 3.05) is 25.6 Å². The fourth-order valence-corrected chi connectivity index (χ4v) is 2.56. The molecule has 0 atom stereocenters. The van der Waals surface area contributed by atoms with Crippen molar-refractivity contribution in [2.45, 2.75) is 19.9 Å². The van der Waals surface area contributed by atoms with Crippen LogP contribution in [0.25, 0.3) is 0 Å². The van der Waals surface area contributed by atoms with Gasteiger partial charge in [-0.2, -0.15) is 0 Å². The van der Waals surface area contributed by atoms with Crippen LogP contribution < -0.4 is 14.8 Å². The van der Waals surface area contributed by atoms with Crippen LogP contribution in [0.3, 0.4) is 0 Å². The molecule has 3 rings (SSSR count). The molecule has 0 aliphatic carbocycles. The minimum Gasteiger partial charge on any atom is -0.490 e. The van der Waals surface area contributed by atoms with Crippen molar-refractivity contribution in [1.29, 1.82) is 0 Å². The number of aromatic nitrogens is 1. The molecule has 1 aromatic heterocycles. The average Bonchev–Trinajstić information content (AvgIpc) is 2.85. The number of rotatable bonds is 4. The van der Waals surface area contributed by atoms with Crippen molar-refractivity contribution in [1.82, 2.24) is 4.98 Å². The third kappa shape index (κ3) is 3.42. The zero-order valence-corrected chi connectivity index (χ0v) is 13.8. The molecule has 2 heterocycles. The first-order valence-electron chi connectivity index (χ1n) is 7.86. The highest BCUT2D eigenvalue weighted by Crippen LogP contribution is 2.33. The molecule has 0 saturated heterocycles. The zero-order valence-electron chi connectivity index (χ0n) is 13.8. The quantitative estimate of drug-likeness (QED) is 0.870. The number of methoxy groups -OCH3 is 1. The van der Waals surface area contributed by atoms with Crippen LogP contribution in [-0.4, -0.2) is 31.3 Å². The lowest BCUT2D eigenvalue weighted by atomic mass is 10.1. The highest BCUT2D eigenvalue weighted by molar-refractivity contribution is 5.90. The molecule has 0 fully saturated rings. The Bertz CT molecular complexity index is 746. The van der Waals surface area contributed by atoms with E-state index in [1.165, 1.54) is 7.11 Å². The monoisotopic (exact) mass is 328 g/mol. The van der Waals surface area contributed by atoms with E-state index in [1.807, 2.05) is 18.2 Å². The lowest BCUT2D eigenvalue weighted by Crippen LogP contribution is -2.08. The highest BCUT2D eigenvalue weighted by Gasteiger charge is 2.15. The van der Waals surface area contributed by atoms with Crippen molar-refractivity contribution in [3.05, 3.63) is 47.2 Å². The summed E-state index contributed by atoms with van der Waals surface area (Å²) in [5.41, 5.74) is 2.09. The van der Waals surface area contributed by atoms with Crippen LogP contribution in [0.2, 0.25) is 0 Å².